The summed E-state index contributed by atoms with van der Waals surface area (Å²) in [7, 11) is 1.53. The molecule has 1 aromatic heterocycles. The summed E-state index contributed by atoms with van der Waals surface area (Å²) in [4.78, 5) is 28.6. The molecule has 0 spiro atoms. The number of aliphatic hydroxyl groups excluding tert-OH is 1. The van der Waals surface area contributed by atoms with E-state index < -0.39 is 12.2 Å². The van der Waals surface area contributed by atoms with Gasteiger partial charge >= 0.3 is 0 Å². The second kappa shape index (κ2) is 9.72. The zero-order valence-corrected chi connectivity index (χ0v) is 18.3. The van der Waals surface area contributed by atoms with Gasteiger partial charge in [-0.2, -0.15) is 0 Å². The minimum Gasteiger partial charge on any atom is -0.493 e. The van der Waals surface area contributed by atoms with Gasteiger partial charge in [0.2, 0.25) is 0 Å². The van der Waals surface area contributed by atoms with E-state index in [1.165, 1.54) is 13.4 Å². The third kappa shape index (κ3) is 4.79. The summed E-state index contributed by atoms with van der Waals surface area (Å²) in [5.74, 6) is 1.03. The van der Waals surface area contributed by atoms with Crippen LogP contribution in [-0.4, -0.2) is 85.2 Å². The van der Waals surface area contributed by atoms with Crippen LogP contribution in [0.1, 0.15) is 33.4 Å². The predicted octanol–water partition coefficient (Wildman–Crippen LogP) is 1.59. The van der Waals surface area contributed by atoms with Crippen LogP contribution in [0.15, 0.2) is 34.9 Å². The molecule has 1 N–H and O–H groups in total. The molecule has 1 saturated heterocycles. The van der Waals surface area contributed by atoms with Crippen molar-refractivity contribution in [3.05, 3.63) is 47.4 Å². The maximum absolute atomic E-state index is 12.4. The van der Waals surface area contributed by atoms with Crippen molar-refractivity contribution in [3.63, 3.8) is 0 Å². The molecule has 4 rings (SSSR count). The third-order valence-electron chi connectivity index (χ3n) is 5.80. The number of benzene rings is 1. The van der Waals surface area contributed by atoms with Crippen LogP contribution in [0.2, 0.25) is 0 Å². The lowest BCUT2D eigenvalue weighted by Gasteiger charge is -2.35. The van der Waals surface area contributed by atoms with E-state index in [1.807, 2.05) is 0 Å². The van der Waals surface area contributed by atoms with Crippen molar-refractivity contribution in [1.82, 2.24) is 9.80 Å². The zero-order valence-electron chi connectivity index (χ0n) is 18.3. The molecule has 2 unspecified atom stereocenters. The van der Waals surface area contributed by atoms with Crippen molar-refractivity contribution in [2.45, 2.75) is 25.7 Å². The Morgan fingerprint density at radius 3 is 2.72 bits per heavy atom. The standard InChI is InChI=1S/C23H28N2O7/c1-15-22(27)18-11-21(20(29-2)10-16(18)13-31-15)32-14-17(26)12-24-5-7-25(8-6-24)23(28)19-4-3-9-30-19/h3-4,9-11,15,17,26H,5-8,12-14H2,1-2H3. The number of rotatable bonds is 7. The Morgan fingerprint density at radius 1 is 1.25 bits per heavy atom. The van der Waals surface area contributed by atoms with Gasteiger partial charge in [0.1, 0.15) is 18.8 Å². The SMILES string of the molecule is COc1cc2c(cc1OCC(O)CN1CCN(C(=O)c3ccco3)CC1)C(=O)C(C)OC2. The summed E-state index contributed by atoms with van der Waals surface area (Å²) in [6.07, 6.45) is 0.260. The molecule has 9 heteroatoms. The molecule has 3 heterocycles. The van der Waals surface area contributed by atoms with Gasteiger partial charge in [-0.25, -0.2) is 0 Å². The molecule has 0 radical (unpaired) electrons. The van der Waals surface area contributed by atoms with Gasteiger partial charge in [0.05, 0.1) is 20.0 Å². The number of ketones is 1. The first-order valence-corrected chi connectivity index (χ1v) is 10.7. The first-order valence-electron chi connectivity index (χ1n) is 10.7. The van der Waals surface area contributed by atoms with Gasteiger partial charge in [-0.3, -0.25) is 14.5 Å². The predicted molar refractivity (Wildman–Crippen MR) is 114 cm³/mol. The van der Waals surface area contributed by atoms with Crippen LogP contribution in [-0.2, 0) is 11.3 Å². The van der Waals surface area contributed by atoms with E-state index in [2.05, 4.69) is 4.90 Å². The normalized spacial score (nSPS) is 20.0. The highest BCUT2D eigenvalue weighted by Crippen LogP contribution is 2.34. The molecule has 1 fully saturated rings. The first-order chi connectivity index (χ1) is 15.5. The van der Waals surface area contributed by atoms with Crippen LogP contribution < -0.4 is 9.47 Å². The number of carbonyl (C=O) groups is 2. The molecule has 1 aromatic carbocycles. The number of β-amino-alcohol motifs (C(OH)–C–C–N with tert-alkyl or cyclic N) is 1. The monoisotopic (exact) mass is 444 g/mol. The fraction of sp³-hybridized carbons (Fsp3) is 0.478. The van der Waals surface area contributed by atoms with E-state index in [0.29, 0.717) is 62.2 Å². The fourth-order valence-corrected chi connectivity index (χ4v) is 3.96. The molecular formula is C23H28N2O7. The number of aliphatic hydroxyl groups is 1. The number of piperazine rings is 1. The lowest BCUT2D eigenvalue weighted by atomic mass is 9.97. The van der Waals surface area contributed by atoms with E-state index in [0.717, 1.165) is 5.56 Å². The van der Waals surface area contributed by atoms with Crippen LogP contribution >= 0.6 is 0 Å². The minimum absolute atomic E-state index is 0.0565. The summed E-state index contributed by atoms with van der Waals surface area (Å²) in [6, 6.07) is 6.77. The smallest absolute Gasteiger partial charge is 0.289 e. The second-order valence-corrected chi connectivity index (χ2v) is 8.01. The number of furan rings is 1. The molecule has 0 bridgehead atoms. The number of hydrogen-bond acceptors (Lipinski definition) is 8. The van der Waals surface area contributed by atoms with Gasteiger partial charge in [-0.1, -0.05) is 0 Å². The quantitative estimate of drug-likeness (QED) is 0.687. The van der Waals surface area contributed by atoms with Gasteiger partial charge in [0.15, 0.2) is 23.0 Å². The second-order valence-electron chi connectivity index (χ2n) is 8.01. The Morgan fingerprint density at radius 2 is 2.03 bits per heavy atom. The van der Waals surface area contributed by atoms with Crippen LogP contribution in [0, 0.1) is 0 Å². The Bertz CT molecular complexity index is 952. The van der Waals surface area contributed by atoms with Crippen LogP contribution in [0.4, 0.5) is 0 Å². The van der Waals surface area contributed by atoms with Gasteiger partial charge in [-0.15, -0.1) is 0 Å². The van der Waals surface area contributed by atoms with Crippen molar-refractivity contribution in [3.8, 4) is 11.5 Å². The molecule has 1 amide bonds. The number of nitrogens with zero attached hydrogens (tertiary/aromatic N) is 2. The van der Waals surface area contributed by atoms with E-state index in [-0.39, 0.29) is 18.3 Å². The Kier molecular flexibility index (Phi) is 6.78. The highest BCUT2D eigenvalue weighted by molar-refractivity contribution is 6.01. The Balaban J connectivity index is 1.29. The summed E-state index contributed by atoms with van der Waals surface area (Å²) in [6.45, 7) is 4.97. The average molecular weight is 444 g/mol. The molecule has 32 heavy (non-hydrogen) atoms. The molecule has 9 nitrogen and oxygen atoms in total. The number of amides is 1. The van der Waals surface area contributed by atoms with Crippen molar-refractivity contribution in [2.24, 2.45) is 0 Å². The third-order valence-corrected chi connectivity index (χ3v) is 5.80. The Labute approximate surface area is 186 Å². The molecule has 2 atom stereocenters. The molecule has 0 saturated carbocycles. The van der Waals surface area contributed by atoms with E-state index in [4.69, 9.17) is 18.6 Å². The van der Waals surface area contributed by atoms with Gasteiger partial charge in [0, 0.05) is 38.3 Å². The number of carbonyl (C=O) groups excluding carboxylic acids is 2. The molecular weight excluding hydrogens is 416 g/mol. The van der Waals surface area contributed by atoms with Gasteiger partial charge < -0.3 is 28.6 Å². The maximum Gasteiger partial charge on any atom is 0.289 e. The maximum atomic E-state index is 12.4. The van der Waals surface area contributed by atoms with Crippen molar-refractivity contribution in [2.75, 3.05) is 46.4 Å². The summed E-state index contributed by atoms with van der Waals surface area (Å²) < 4.78 is 21.9. The molecule has 2 aromatic rings. The summed E-state index contributed by atoms with van der Waals surface area (Å²) in [5.41, 5.74) is 1.33. The molecule has 2 aliphatic heterocycles. The van der Waals surface area contributed by atoms with Crippen molar-refractivity contribution < 1.29 is 33.3 Å². The number of fused-ring (bicyclic) bond motifs is 1. The lowest BCUT2D eigenvalue weighted by Crippen LogP contribution is -2.50. The number of ether oxygens (including phenoxy) is 3. The highest BCUT2D eigenvalue weighted by atomic mass is 16.5. The minimum atomic E-state index is -0.735. The molecule has 2 aliphatic rings. The van der Waals surface area contributed by atoms with Crippen LogP contribution in [0.3, 0.4) is 0 Å². The lowest BCUT2D eigenvalue weighted by molar-refractivity contribution is 0.0331. The van der Waals surface area contributed by atoms with Gasteiger partial charge in [0.25, 0.3) is 5.91 Å². The largest absolute Gasteiger partial charge is 0.493 e. The highest BCUT2D eigenvalue weighted by Gasteiger charge is 2.28. The Hall–Kier alpha value is -2.88. The molecule has 172 valence electrons. The van der Waals surface area contributed by atoms with Crippen LogP contribution in [0.5, 0.6) is 11.5 Å². The number of methoxy groups -OCH3 is 1. The van der Waals surface area contributed by atoms with Crippen LogP contribution in [0.25, 0.3) is 0 Å². The first kappa shape index (κ1) is 22.3. The summed E-state index contributed by atoms with van der Waals surface area (Å²) in [5, 5.41) is 10.5. The van der Waals surface area contributed by atoms with Crippen molar-refractivity contribution >= 4 is 11.7 Å². The average Bonchev–Trinajstić information content (AvgIpc) is 3.35. The number of hydrogen-bond donors (Lipinski definition) is 1. The van der Waals surface area contributed by atoms with Crippen molar-refractivity contribution in [1.29, 1.82) is 0 Å². The van der Waals surface area contributed by atoms with E-state index in [9.17, 15) is 14.7 Å². The topological polar surface area (TPSA) is 102 Å². The van der Waals surface area contributed by atoms with Gasteiger partial charge in [-0.05, 0) is 36.8 Å². The molecule has 0 aliphatic carbocycles. The zero-order chi connectivity index (χ0) is 22.7. The van der Waals surface area contributed by atoms with E-state index in [1.54, 1.807) is 36.1 Å². The fourth-order valence-electron chi connectivity index (χ4n) is 3.96. The van der Waals surface area contributed by atoms with E-state index >= 15 is 0 Å². The summed E-state index contributed by atoms with van der Waals surface area (Å²) >= 11 is 0. The number of Topliss-reactive ketones (excluding diaryl/α,β-unsaturated/α-hetero) is 1.